The number of fused-ring (bicyclic) bond motifs is 1. The summed E-state index contributed by atoms with van der Waals surface area (Å²) in [4.78, 5) is 11.3. The lowest BCUT2D eigenvalue weighted by Gasteiger charge is -2.19. The number of anilines is 1. The van der Waals surface area contributed by atoms with Crippen LogP contribution in [0.25, 0.3) is 5.69 Å². The predicted molar refractivity (Wildman–Crippen MR) is 108 cm³/mol. The molecule has 0 aliphatic carbocycles. The molecule has 0 fully saturated rings. The quantitative estimate of drug-likeness (QED) is 0.622. The van der Waals surface area contributed by atoms with Gasteiger partial charge in [-0.3, -0.25) is 4.79 Å². The number of nitrogens with one attached hydrogen (secondary N) is 2. The maximum Gasteiger partial charge on any atom is 0.262 e. The van der Waals surface area contributed by atoms with Crippen LogP contribution in [0.3, 0.4) is 0 Å². The number of aromatic nitrogens is 2. The highest BCUT2D eigenvalue weighted by atomic mass is 35.5. The summed E-state index contributed by atoms with van der Waals surface area (Å²) in [6, 6.07) is 12.2. The highest BCUT2D eigenvalue weighted by molar-refractivity contribution is 7.89. The fourth-order valence-corrected chi connectivity index (χ4v) is 4.50. The summed E-state index contributed by atoms with van der Waals surface area (Å²) < 4.78 is 34.9. The molecule has 4 rings (SSSR count). The van der Waals surface area contributed by atoms with Crippen LogP contribution in [0.5, 0.6) is 5.75 Å². The van der Waals surface area contributed by atoms with Gasteiger partial charge in [0.1, 0.15) is 10.6 Å². The molecule has 1 aromatic heterocycles. The van der Waals surface area contributed by atoms with Gasteiger partial charge < -0.3 is 10.1 Å². The Hall–Kier alpha value is -2.88. The van der Waals surface area contributed by atoms with Gasteiger partial charge in [-0.05, 0) is 36.2 Å². The first kappa shape index (κ1) is 19.4. The van der Waals surface area contributed by atoms with E-state index in [1.807, 2.05) is 36.5 Å². The molecular weight excluding hydrogens is 416 g/mol. The Balaban J connectivity index is 1.42. The van der Waals surface area contributed by atoms with Crippen LogP contribution in [0.2, 0.25) is 5.02 Å². The number of carbonyl (C=O) groups is 1. The van der Waals surface area contributed by atoms with E-state index >= 15 is 0 Å². The molecule has 2 N–H and O–H groups in total. The van der Waals surface area contributed by atoms with Crippen molar-refractivity contribution in [1.29, 1.82) is 0 Å². The van der Waals surface area contributed by atoms with Gasteiger partial charge in [0.25, 0.3) is 5.91 Å². The molecule has 2 heterocycles. The lowest BCUT2D eigenvalue weighted by Crippen LogP contribution is -2.28. The van der Waals surface area contributed by atoms with Crippen molar-refractivity contribution in [2.75, 3.05) is 18.5 Å². The SMILES string of the molecule is O=C1COc2cc(S(=O)(=O)NCCc3ccc(-n4cccn4)cc3)c(Cl)cc2N1. The maximum atomic E-state index is 12.7. The molecule has 150 valence electrons. The smallest absolute Gasteiger partial charge is 0.262 e. The summed E-state index contributed by atoms with van der Waals surface area (Å²) in [7, 11) is -3.84. The average molecular weight is 433 g/mol. The fourth-order valence-electron chi connectivity index (χ4n) is 2.93. The largest absolute Gasteiger partial charge is 0.482 e. The van der Waals surface area contributed by atoms with Crippen LogP contribution in [0.15, 0.2) is 59.8 Å². The van der Waals surface area contributed by atoms with Crippen LogP contribution in [0, 0.1) is 0 Å². The molecule has 0 spiro atoms. The van der Waals surface area contributed by atoms with E-state index in [2.05, 4.69) is 15.1 Å². The third kappa shape index (κ3) is 4.26. The van der Waals surface area contributed by atoms with Crippen LogP contribution in [0.4, 0.5) is 5.69 Å². The number of nitrogens with zero attached hydrogens (tertiary/aromatic N) is 2. The van der Waals surface area contributed by atoms with Crippen LogP contribution in [-0.2, 0) is 21.2 Å². The Kier molecular flexibility index (Phi) is 5.27. The summed E-state index contributed by atoms with van der Waals surface area (Å²) in [5.74, 6) is -0.0514. The van der Waals surface area contributed by atoms with Gasteiger partial charge in [0, 0.05) is 25.0 Å². The lowest BCUT2D eigenvalue weighted by atomic mass is 10.1. The van der Waals surface area contributed by atoms with Gasteiger partial charge in [-0.15, -0.1) is 0 Å². The van der Waals surface area contributed by atoms with Gasteiger partial charge >= 0.3 is 0 Å². The number of sulfonamides is 1. The number of rotatable bonds is 6. The summed E-state index contributed by atoms with van der Waals surface area (Å²) in [5, 5.41) is 6.76. The molecule has 0 unspecified atom stereocenters. The summed E-state index contributed by atoms with van der Waals surface area (Å²) in [5.41, 5.74) is 2.25. The Labute approximate surface area is 172 Å². The normalized spacial score (nSPS) is 13.5. The van der Waals surface area contributed by atoms with Crippen molar-refractivity contribution in [3.63, 3.8) is 0 Å². The standard InChI is InChI=1S/C19H17ClN4O4S/c20-15-10-16-17(28-12-19(25)23-16)11-18(15)29(26,27)22-8-6-13-2-4-14(5-3-13)24-9-1-7-21-24/h1-5,7,9-11,22H,6,8,12H2,(H,23,25). The molecule has 8 nitrogen and oxygen atoms in total. The van der Waals surface area contributed by atoms with E-state index in [1.54, 1.807) is 10.9 Å². The zero-order valence-electron chi connectivity index (χ0n) is 15.1. The first-order valence-electron chi connectivity index (χ1n) is 8.77. The van der Waals surface area contributed by atoms with Crippen LogP contribution >= 0.6 is 11.6 Å². The highest BCUT2D eigenvalue weighted by Crippen LogP contribution is 2.35. The molecule has 0 saturated heterocycles. The minimum absolute atomic E-state index is 0.00521. The molecule has 1 aliphatic heterocycles. The Bertz CT molecular complexity index is 1150. The number of benzene rings is 2. The molecule has 1 aliphatic rings. The summed E-state index contributed by atoms with van der Waals surface area (Å²) in [6.07, 6.45) is 4.06. The zero-order chi connectivity index (χ0) is 20.4. The molecule has 2 aromatic carbocycles. The molecule has 0 atom stereocenters. The van der Waals surface area contributed by atoms with Crippen molar-refractivity contribution >= 4 is 33.2 Å². The minimum Gasteiger partial charge on any atom is -0.482 e. The van der Waals surface area contributed by atoms with E-state index in [4.69, 9.17) is 16.3 Å². The number of ether oxygens (including phenoxy) is 1. The minimum atomic E-state index is -3.84. The average Bonchev–Trinajstić information content (AvgIpc) is 3.22. The number of hydrogen-bond donors (Lipinski definition) is 2. The van der Waals surface area contributed by atoms with Crippen molar-refractivity contribution in [3.8, 4) is 11.4 Å². The monoisotopic (exact) mass is 432 g/mol. The van der Waals surface area contributed by atoms with Crippen molar-refractivity contribution < 1.29 is 17.9 Å². The van der Waals surface area contributed by atoms with Crippen LogP contribution in [0.1, 0.15) is 5.56 Å². The van der Waals surface area contributed by atoms with Crippen LogP contribution in [-0.4, -0.2) is 37.3 Å². The predicted octanol–water partition coefficient (Wildman–Crippen LogP) is 2.38. The van der Waals surface area contributed by atoms with Gasteiger partial charge in [-0.2, -0.15) is 5.10 Å². The lowest BCUT2D eigenvalue weighted by molar-refractivity contribution is -0.118. The second-order valence-electron chi connectivity index (χ2n) is 6.38. The molecule has 3 aromatic rings. The molecule has 1 amide bonds. The van der Waals surface area contributed by atoms with Crippen molar-refractivity contribution in [1.82, 2.24) is 14.5 Å². The maximum absolute atomic E-state index is 12.7. The third-order valence-corrected chi connectivity index (χ3v) is 6.29. The van der Waals surface area contributed by atoms with Gasteiger partial charge in [-0.1, -0.05) is 23.7 Å². The fraction of sp³-hybridized carbons (Fsp3) is 0.158. The second-order valence-corrected chi connectivity index (χ2v) is 8.52. The highest BCUT2D eigenvalue weighted by Gasteiger charge is 2.24. The van der Waals surface area contributed by atoms with Crippen molar-refractivity contribution in [2.24, 2.45) is 0 Å². The molecule has 0 saturated carbocycles. The Morgan fingerprint density at radius 1 is 1.24 bits per heavy atom. The van der Waals surface area contributed by atoms with E-state index < -0.39 is 10.0 Å². The molecule has 0 bridgehead atoms. The number of hydrogen-bond acceptors (Lipinski definition) is 5. The number of amides is 1. The van der Waals surface area contributed by atoms with Crippen molar-refractivity contribution in [2.45, 2.75) is 11.3 Å². The Morgan fingerprint density at radius 2 is 2.03 bits per heavy atom. The van der Waals surface area contributed by atoms with Crippen LogP contribution < -0.4 is 14.8 Å². The molecular formula is C19H17ClN4O4S. The summed E-state index contributed by atoms with van der Waals surface area (Å²) in [6.45, 7) is 0.0323. The zero-order valence-corrected chi connectivity index (χ0v) is 16.7. The second kappa shape index (κ2) is 7.86. The van der Waals surface area contributed by atoms with Gasteiger partial charge in [-0.25, -0.2) is 17.8 Å². The van der Waals surface area contributed by atoms with Gasteiger partial charge in [0.15, 0.2) is 6.61 Å². The van der Waals surface area contributed by atoms with Gasteiger partial charge in [0.05, 0.1) is 16.4 Å². The first-order valence-corrected chi connectivity index (χ1v) is 10.6. The van der Waals surface area contributed by atoms with E-state index in [1.165, 1.54) is 12.1 Å². The topological polar surface area (TPSA) is 102 Å². The van der Waals surface area contributed by atoms with Gasteiger partial charge in [0.2, 0.25) is 10.0 Å². The number of halogens is 1. The van der Waals surface area contributed by atoms with E-state index in [9.17, 15) is 13.2 Å². The van der Waals surface area contributed by atoms with Crippen molar-refractivity contribution in [3.05, 3.63) is 65.4 Å². The van der Waals surface area contributed by atoms with E-state index in [-0.39, 0.29) is 34.7 Å². The third-order valence-electron chi connectivity index (χ3n) is 4.37. The molecule has 0 radical (unpaired) electrons. The Morgan fingerprint density at radius 3 is 2.76 bits per heavy atom. The first-order chi connectivity index (χ1) is 13.9. The van der Waals surface area contributed by atoms with E-state index in [0.717, 1.165) is 11.3 Å². The molecule has 10 heteroatoms. The van der Waals surface area contributed by atoms with E-state index in [0.29, 0.717) is 12.1 Å². The summed E-state index contributed by atoms with van der Waals surface area (Å²) >= 11 is 6.12. The number of carbonyl (C=O) groups excluding carboxylic acids is 1. The molecule has 29 heavy (non-hydrogen) atoms.